The van der Waals surface area contributed by atoms with E-state index in [1.165, 1.54) is 6.07 Å². The van der Waals surface area contributed by atoms with Crippen molar-refractivity contribution >= 4 is 11.6 Å². The molecule has 14 heavy (non-hydrogen) atoms. The molecule has 0 radical (unpaired) electrons. The third kappa shape index (κ3) is 2.69. The van der Waals surface area contributed by atoms with Gasteiger partial charge in [-0.25, -0.2) is 8.78 Å². The van der Waals surface area contributed by atoms with Crippen LogP contribution in [0.15, 0.2) is 18.2 Å². The van der Waals surface area contributed by atoms with Crippen LogP contribution in [-0.4, -0.2) is 12.5 Å². The summed E-state index contributed by atoms with van der Waals surface area (Å²) in [6.07, 6.45) is 0.0355. The highest BCUT2D eigenvalue weighted by molar-refractivity contribution is 5.74. The summed E-state index contributed by atoms with van der Waals surface area (Å²) in [6, 6.07) is 3.54. The third-order valence-electron chi connectivity index (χ3n) is 1.64. The van der Waals surface area contributed by atoms with Crippen molar-refractivity contribution in [3.05, 3.63) is 29.8 Å². The van der Waals surface area contributed by atoms with Gasteiger partial charge >= 0.3 is 0 Å². The number of amides is 1. The Hall–Kier alpha value is -1.65. The minimum atomic E-state index is -0.686. The maximum Gasteiger partial charge on any atom is 0.219 e. The van der Waals surface area contributed by atoms with E-state index >= 15 is 0 Å². The van der Waals surface area contributed by atoms with E-state index in [0.29, 0.717) is 0 Å². The summed E-state index contributed by atoms with van der Waals surface area (Å²) in [5, 5.41) is 2.46. The van der Waals surface area contributed by atoms with Crippen molar-refractivity contribution in [1.29, 1.82) is 0 Å². The second kappa shape index (κ2) is 4.55. The number of carbonyl (C=O) groups excluding carboxylic acids is 1. The number of anilines is 1. The van der Waals surface area contributed by atoms with E-state index in [1.54, 1.807) is 0 Å². The molecule has 1 aromatic carbocycles. The average molecular weight is 200 g/mol. The summed E-state index contributed by atoms with van der Waals surface area (Å²) in [5.74, 6) is -1.89. The van der Waals surface area contributed by atoms with Crippen molar-refractivity contribution < 1.29 is 13.6 Å². The first-order valence-electron chi connectivity index (χ1n) is 4.07. The van der Waals surface area contributed by atoms with Crippen LogP contribution >= 0.6 is 0 Å². The van der Waals surface area contributed by atoms with Crippen LogP contribution in [0.2, 0.25) is 0 Å². The molecule has 0 fully saturated rings. The quantitative estimate of drug-likeness (QED) is 0.768. The molecule has 3 nitrogen and oxygen atoms in total. The molecule has 1 aromatic rings. The Balaban J connectivity index is 2.62. The van der Waals surface area contributed by atoms with Gasteiger partial charge in [-0.3, -0.25) is 4.79 Å². The predicted molar refractivity (Wildman–Crippen MR) is 48.7 cm³/mol. The van der Waals surface area contributed by atoms with Crippen LogP contribution in [0, 0.1) is 11.6 Å². The largest absolute Gasteiger partial charge is 0.380 e. The molecule has 0 saturated heterocycles. The smallest absolute Gasteiger partial charge is 0.219 e. The van der Waals surface area contributed by atoms with Crippen LogP contribution < -0.4 is 11.1 Å². The van der Waals surface area contributed by atoms with E-state index < -0.39 is 17.5 Å². The Morgan fingerprint density at radius 1 is 1.36 bits per heavy atom. The first-order chi connectivity index (χ1) is 6.61. The number of benzene rings is 1. The van der Waals surface area contributed by atoms with Gasteiger partial charge in [-0.2, -0.15) is 0 Å². The highest BCUT2D eigenvalue weighted by Crippen LogP contribution is 2.17. The van der Waals surface area contributed by atoms with Gasteiger partial charge in [-0.1, -0.05) is 6.07 Å². The summed E-state index contributed by atoms with van der Waals surface area (Å²) in [5.41, 5.74) is 4.64. The average Bonchev–Trinajstić information content (AvgIpc) is 2.09. The zero-order valence-electron chi connectivity index (χ0n) is 7.39. The summed E-state index contributed by atoms with van der Waals surface area (Å²) in [7, 11) is 0. The minimum absolute atomic E-state index is 0.0355. The molecule has 0 unspecified atom stereocenters. The molecule has 0 heterocycles. The van der Waals surface area contributed by atoms with Crippen molar-refractivity contribution in [2.24, 2.45) is 5.73 Å². The summed E-state index contributed by atoms with van der Waals surface area (Å²) < 4.78 is 25.9. The number of hydrogen-bond acceptors (Lipinski definition) is 2. The number of nitrogens with two attached hydrogens (primary N) is 1. The molecule has 76 valence electrons. The van der Waals surface area contributed by atoms with Gasteiger partial charge in [0.25, 0.3) is 0 Å². The van der Waals surface area contributed by atoms with Crippen LogP contribution in [0.1, 0.15) is 6.42 Å². The van der Waals surface area contributed by atoms with Gasteiger partial charge in [-0.05, 0) is 12.1 Å². The van der Waals surface area contributed by atoms with Gasteiger partial charge in [0.15, 0.2) is 0 Å². The van der Waals surface area contributed by atoms with Crippen molar-refractivity contribution in [3.8, 4) is 0 Å². The number of halogens is 2. The predicted octanol–water partition coefficient (Wildman–Crippen LogP) is 1.25. The van der Waals surface area contributed by atoms with E-state index in [-0.39, 0.29) is 18.7 Å². The van der Waals surface area contributed by atoms with Crippen molar-refractivity contribution in [3.63, 3.8) is 0 Å². The van der Waals surface area contributed by atoms with Crippen molar-refractivity contribution in [2.45, 2.75) is 6.42 Å². The van der Waals surface area contributed by atoms with E-state index in [0.717, 1.165) is 12.1 Å². The lowest BCUT2D eigenvalue weighted by atomic mass is 10.3. The Morgan fingerprint density at radius 2 is 1.93 bits per heavy atom. The van der Waals surface area contributed by atoms with Crippen molar-refractivity contribution in [2.75, 3.05) is 11.9 Å². The first kappa shape index (κ1) is 10.4. The lowest BCUT2D eigenvalue weighted by molar-refractivity contribution is -0.117. The number of primary amides is 1. The van der Waals surface area contributed by atoms with Gasteiger partial charge in [0, 0.05) is 13.0 Å². The van der Waals surface area contributed by atoms with Gasteiger partial charge in [0.1, 0.15) is 17.3 Å². The molecule has 0 aromatic heterocycles. The van der Waals surface area contributed by atoms with Gasteiger partial charge in [0.05, 0.1) is 0 Å². The fraction of sp³-hybridized carbons (Fsp3) is 0.222. The molecule has 0 spiro atoms. The third-order valence-corrected chi connectivity index (χ3v) is 1.64. The molecular weight excluding hydrogens is 190 g/mol. The highest BCUT2D eigenvalue weighted by Gasteiger charge is 2.07. The molecule has 0 bridgehead atoms. The highest BCUT2D eigenvalue weighted by atomic mass is 19.1. The molecule has 0 aliphatic heterocycles. The zero-order chi connectivity index (χ0) is 10.6. The van der Waals surface area contributed by atoms with Crippen LogP contribution in [0.25, 0.3) is 0 Å². The van der Waals surface area contributed by atoms with Gasteiger partial charge in [-0.15, -0.1) is 0 Å². The standard InChI is InChI=1S/C9H10F2N2O/c10-6-2-1-3-7(11)9(6)13-5-4-8(12)14/h1-3,13H,4-5H2,(H2,12,14). The molecule has 3 N–H and O–H groups in total. The summed E-state index contributed by atoms with van der Waals surface area (Å²) >= 11 is 0. The minimum Gasteiger partial charge on any atom is -0.380 e. The maximum absolute atomic E-state index is 13.0. The summed E-state index contributed by atoms with van der Waals surface area (Å²) in [4.78, 5) is 10.4. The monoisotopic (exact) mass is 200 g/mol. The number of nitrogens with one attached hydrogen (secondary N) is 1. The molecule has 0 saturated carbocycles. The number of para-hydroxylation sites is 1. The number of hydrogen-bond donors (Lipinski definition) is 2. The molecule has 1 rings (SSSR count). The molecule has 0 aliphatic carbocycles. The lowest BCUT2D eigenvalue weighted by Gasteiger charge is -2.06. The number of rotatable bonds is 4. The molecule has 0 atom stereocenters. The van der Waals surface area contributed by atoms with Crippen LogP contribution in [-0.2, 0) is 4.79 Å². The van der Waals surface area contributed by atoms with E-state index in [1.807, 2.05) is 0 Å². The topological polar surface area (TPSA) is 55.1 Å². The lowest BCUT2D eigenvalue weighted by Crippen LogP contribution is -2.16. The van der Waals surface area contributed by atoms with Crippen LogP contribution in [0.4, 0.5) is 14.5 Å². The second-order valence-electron chi connectivity index (χ2n) is 2.74. The van der Waals surface area contributed by atoms with Gasteiger partial charge in [0.2, 0.25) is 5.91 Å². The van der Waals surface area contributed by atoms with Crippen molar-refractivity contribution in [1.82, 2.24) is 0 Å². The molecular formula is C9H10F2N2O. The van der Waals surface area contributed by atoms with E-state index in [9.17, 15) is 13.6 Å². The van der Waals surface area contributed by atoms with E-state index in [2.05, 4.69) is 5.32 Å². The Labute approximate surface area is 79.9 Å². The Kier molecular flexibility index (Phi) is 3.39. The Bertz CT molecular complexity index is 321. The molecule has 1 amide bonds. The molecule has 5 heteroatoms. The first-order valence-corrected chi connectivity index (χ1v) is 4.07. The fourth-order valence-electron chi connectivity index (χ4n) is 0.977. The number of carbonyl (C=O) groups is 1. The molecule has 0 aliphatic rings. The van der Waals surface area contributed by atoms with Crippen LogP contribution in [0.3, 0.4) is 0 Å². The van der Waals surface area contributed by atoms with E-state index in [4.69, 9.17) is 5.73 Å². The zero-order valence-corrected chi connectivity index (χ0v) is 7.39. The SMILES string of the molecule is NC(=O)CCNc1c(F)cccc1F. The Morgan fingerprint density at radius 3 is 2.43 bits per heavy atom. The second-order valence-corrected chi connectivity index (χ2v) is 2.74. The van der Waals surface area contributed by atoms with Crippen LogP contribution in [0.5, 0.6) is 0 Å². The summed E-state index contributed by atoms with van der Waals surface area (Å²) in [6.45, 7) is 0.118. The van der Waals surface area contributed by atoms with Gasteiger partial charge < -0.3 is 11.1 Å². The maximum atomic E-state index is 13.0. The fourth-order valence-corrected chi connectivity index (χ4v) is 0.977. The normalized spacial score (nSPS) is 9.86.